The lowest BCUT2D eigenvalue weighted by Gasteiger charge is -2.01. The molecule has 4 nitrogen and oxygen atoms in total. The standard InChI is InChI=1S/C26H15N3O/c1-3-22(28-2)17(16-27)14-15-29-23-10-6-4-8-18(23)20-12-13-21-19-9-5-7-11-24(19)30-26(21)25(20)29/h3-15H,1H2/b15-14+,22-17-. The molecule has 5 aromatic rings. The highest BCUT2D eigenvalue weighted by Gasteiger charge is 2.16. The van der Waals surface area contributed by atoms with Gasteiger partial charge in [-0.3, -0.25) is 0 Å². The molecule has 2 heterocycles. The van der Waals surface area contributed by atoms with Crippen molar-refractivity contribution in [2.45, 2.75) is 0 Å². The summed E-state index contributed by atoms with van der Waals surface area (Å²) in [6.07, 6.45) is 4.88. The molecule has 0 saturated carbocycles. The molecular formula is C26H15N3O. The van der Waals surface area contributed by atoms with Crippen LogP contribution in [0.5, 0.6) is 0 Å². The van der Waals surface area contributed by atoms with Crippen molar-refractivity contribution in [2.75, 3.05) is 0 Å². The van der Waals surface area contributed by atoms with Crippen molar-refractivity contribution < 1.29 is 4.42 Å². The van der Waals surface area contributed by atoms with Crippen molar-refractivity contribution in [3.8, 4) is 6.07 Å². The van der Waals surface area contributed by atoms with E-state index in [1.54, 1.807) is 6.08 Å². The lowest BCUT2D eigenvalue weighted by molar-refractivity contribution is 0.671. The van der Waals surface area contributed by atoms with Gasteiger partial charge in [0, 0.05) is 27.7 Å². The first-order valence-corrected chi connectivity index (χ1v) is 9.42. The molecule has 0 aliphatic carbocycles. The normalized spacial score (nSPS) is 12.5. The quantitative estimate of drug-likeness (QED) is 0.190. The second kappa shape index (κ2) is 6.81. The van der Waals surface area contributed by atoms with Crippen LogP contribution in [-0.4, -0.2) is 4.57 Å². The third kappa shape index (κ3) is 2.45. The molecular weight excluding hydrogens is 370 g/mol. The number of para-hydroxylation sites is 2. The Labute approximate surface area is 172 Å². The summed E-state index contributed by atoms with van der Waals surface area (Å²) in [7, 11) is 0. The Hall–Kier alpha value is -4.54. The number of allylic oxidation sites excluding steroid dienone is 3. The van der Waals surface area contributed by atoms with Crippen molar-refractivity contribution in [2.24, 2.45) is 0 Å². The third-order valence-electron chi connectivity index (χ3n) is 5.32. The van der Waals surface area contributed by atoms with E-state index in [1.165, 1.54) is 6.08 Å². The average Bonchev–Trinajstić information content (AvgIpc) is 3.32. The fourth-order valence-corrected chi connectivity index (χ4v) is 3.96. The van der Waals surface area contributed by atoms with Crippen LogP contribution in [0.4, 0.5) is 0 Å². The van der Waals surface area contributed by atoms with Gasteiger partial charge in [0.1, 0.15) is 5.58 Å². The van der Waals surface area contributed by atoms with Crippen molar-refractivity contribution in [3.63, 3.8) is 0 Å². The Balaban J connectivity index is 1.91. The van der Waals surface area contributed by atoms with Gasteiger partial charge in [0.05, 0.1) is 29.2 Å². The summed E-state index contributed by atoms with van der Waals surface area (Å²) in [5, 5.41) is 13.8. The Morgan fingerprint density at radius 1 is 1.00 bits per heavy atom. The van der Waals surface area contributed by atoms with Crippen LogP contribution < -0.4 is 0 Å². The summed E-state index contributed by atoms with van der Waals surface area (Å²) in [6, 6.07) is 22.4. The van der Waals surface area contributed by atoms with E-state index in [1.807, 2.05) is 47.2 Å². The number of hydrogen-bond acceptors (Lipinski definition) is 2. The first kappa shape index (κ1) is 17.6. The van der Waals surface area contributed by atoms with E-state index in [2.05, 4.69) is 41.8 Å². The number of hydrogen-bond donors (Lipinski definition) is 0. The molecule has 0 spiro atoms. The third-order valence-corrected chi connectivity index (χ3v) is 5.32. The number of nitriles is 1. The minimum Gasteiger partial charge on any atom is -0.454 e. The van der Waals surface area contributed by atoms with Crippen LogP contribution in [0.25, 0.3) is 54.8 Å². The number of aromatic nitrogens is 1. The van der Waals surface area contributed by atoms with Gasteiger partial charge in [-0.25, -0.2) is 4.85 Å². The van der Waals surface area contributed by atoms with E-state index in [-0.39, 0.29) is 11.3 Å². The maximum Gasteiger partial charge on any atom is 0.204 e. The lowest BCUT2D eigenvalue weighted by Crippen LogP contribution is -1.87. The van der Waals surface area contributed by atoms with Crippen LogP contribution in [0, 0.1) is 17.9 Å². The van der Waals surface area contributed by atoms with E-state index in [0.717, 1.165) is 43.7 Å². The predicted molar refractivity (Wildman–Crippen MR) is 121 cm³/mol. The Bertz CT molecular complexity index is 1630. The maximum absolute atomic E-state index is 9.50. The van der Waals surface area contributed by atoms with Gasteiger partial charge < -0.3 is 8.98 Å². The van der Waals surface area contributed by atoms with Crippen molar-refractivity contribution in [1.82, 2.24) is 4.57 Å². The minimum absolute atomic E-state index is 0.225. The fourth-order valence-electron chi connectivity index (χ4n) is 3.96. The van der Waals surface area contributed by atoms with Crippen LogP contribution in [0.15, 0.2) is 95.1 Å². The van der Waals surface area contributed by atoms with Gasteiger partial charge in [0.25, 0.3) is 0 Å². The highest BCUT2D eigenvalue weighted by atomic mass is 16.3. The highest BCUT2D eigenvalue weighted by Crippen LogP contribution is 2.38. The smallest absolute Gasteiger partial charge is 0.204 e. The molecule has 0 bridgehead atoms. The first-order valence-electron chi connectivity index (χ1n) is 9.42. The van der Waals surface area contributed by atoms with Gasteiger partial charge in [-0.15, -0.1) is 6.58 Å². The van der Waals surface area contributed by atoms with Crippen LogP contribution in [0.1, 0.15) is 0 Å². The molecule has 0 aliphatic rings. The van der Waals surface area contributed by atoms with Gasteiger partial charge in [-0.2, -0.15) is 5.26 Å². The summed E-state index contributed by atoms with van der Waals surface area (Å²) in [5.41, 5.74) is 4.05. The van der Waals surface area contributed by atoms with E-state index < -0.39 is 0 Å². The van der Waals surface area contributed by atoms with Crippen molar-refractivity contribution >= 4 is 49.9 Å². The number of furan rings is 1. The first-order chi connectivity index (χ1) is 14.8. The molecule has 3 aromatic carbocycles. The molecule has 0 saturated heterocycles. The molecule has 0 atom stereocenters. The van der Waals surface area contributed by atoms with Gasteiger partial charge >= 0.3 is 0 Å². The van der Waals surface area contributed by atoms with Crippen LogP contribution in [-0.2, 0) is 0 Å². The zero-order valence-corrected chi connectivity index (χ0v) is 16.0. The van der Waals surface area contributed by atoms with Gasteiger partial charge in [-0.05, 0) is 24.3 Å². The van der Waals surface area contributed by atoms with Crippen molar-refractivity contribution in [3.05, 3.63) is 102 Å². The van der Waals surface area contributed by atoms with Crippen molar-refractivity contribution in [1.29, 1.82) is 5.26 Å². The highest BCUT2D eigenvalue weighted by molar-refractivity contribution is 6.21. The molecule has 0 aliphatic heterocycles. The van der Waals surface area contributed by atoms with Crippen LogP contribution in [0.2, 0.25) is 0 Å². The fraction of sp³-hybridized carbons (Fsp3) is 0. The van der Waals surface area contributed by atoms with Crippen LogP contribution >= 0.6 is 0 Å². The molecule has 0 amide bonds. The van der Waals surface area contributed by atoms with Gasteiger partial charge in [0.2, 0.25) is 5.70 Å². The largest absolute Gasteiger partial charge is 0.454 e. The molecule has 140 valence electrons. The van der Waals surface area contributed by atoms with Gasteiger partial charge in [-0.1, -0.05) is 48.5 Å². The molecule has 30 heavy (non-hydrogen) atoms. The maximum atomic E-state index is 9.50. The second-order valence-electron chi connectivity index (χ2n) is 6.87. The molecule has 0 unspecified atom stereocenters. The number of rotatable bonds is 3. The molecule has 0 radical (unpaired) electrons. The summed E-state index contributed by atoms with van der Waals surface area (Å²) in [4.78, 5) is 3.39. The van der Waals surface area contributed by atoms with E-state index in [9.17, 15) is 5.26 Å². The van der Waals surface area contributed by atoms with Gasteiger partial charge in [0.15, 0.2) is 5.58 Å². The monoisotopic (exact) mass is 385 g/mol. The zero-order valence-electron chi connectivity index (χ0n) is 16.0. The van der Waals surface area contributed by atoms with E-state index >= 15 is 0 Å². The second-order valence-corrected chi connectivity index (χ2v) is 6.87. The summed E-state index contributed by atoms with van der Waals surface area (Å²) in [5.74, 6) is 0. The zero-order chi connectivity index (χ0) is 20.7. The Kier molecular flexibility index (Phi) is 3.98. The number of nitrogens with zero attached hydrogens (tertiary/aromatic N) is 3. The number of fused-ring (bicyclic) bond motifs is 7. The lowest BCUT2D eigenvalue weighted by atomic mass is 10.1. The van der Waals surface area contributed by atoms with Crippen LogP contribution in [0.3, 0.4) is 0 Å². The molecule has 2 aromatic heterocycles. The summed E-state index contributed by atoms with van der Waals surface area (Å²) in [6.45, 7) is 10.9. The topological polar surface area (TPSA) is 46.2 Å². The summed E-state index contributed by atoms with van der Waals surface area (Å²) < 4.78 is 8.29. The van der Waals surface area contributed by atoms with E-state index in [4.69, 9.17) is 11.0 Å². The SMILES string of the molecule is [C-]#[N+]/C(C=C)=C(C#N)/C=C/n1c2ccccc2c2ccc3c4ccccc4oc3c21. The number of benzene rings is 3. The van der Waals surface area contributed by atoms with E-state index in [0.29, 0.717) is 0 Å². The molecule has 0 fully saturated rings. The average molecular weight is 385 g/mol. The minimum atomic E-state index is 0.225. The predicted octanol–water partition coefficient (Wildman–Crippen LogP) is 7.05. The Morgan fingerprint density at radius 3 is 2.50 bits per heavy atom. The molecule has 0 N–H and O–H groups in total. The summed E-state index contributed by atoms with van der Waals surface area (Å²) >= 11 is 0. The molecule has 5 rings (SSSR count). The Morgan fingerprint density at radius 2 is 1.73 bits per heavy atom. The molecule has 4 heteroatoms.